The summed E-state index contributed by atoms with van der Waals surface area (Å²) < 4.78 is 38.5. The quantitative estimate of drug-likeness (QED) is 0.911. The van der Waals surface area contributed by atoms with Crippen LogP contribution < -0.4 is 10.1 Å². The van der Waals surface area contributed by atoms with Gasteiger partial charge in [-0.2, -0.15) is 0 Å². The summed E-state index contributed by atoms with van der Waals surface area (Å²) in [6.45, 7) is 1.93. The fourth-order valence-electron chi connectivity index (χ4n) is 2.31. The molecular formula is C15H17F2NO2. The first-order chi connectivity index (χ1) is 9.62. The molecule has 0 bridgehead atoms. The fraction of sp³-hybridized carbons (Fsp3) is 0.333. The van der Waals surface area contributed by atoms with E-state index in [1.165, 1.54) is 25.5 Å². The van der Waals surface area contributed by atoms with Crippen molar-refractivity contribution >= 4 is 0 Å². The summed E-state index contributed by atoms with van der Waals surface area (Å²) in [7, 11) is 3.02. The van der Waals surface area contributed by atoms with Gasteiger partial charge in [-0.3, -0.25) is 0 Å². The highest BCUT2D eigenvalue weighted by molar-refractivity contribution is 5.38. The van der Waals surface area contributed by atoms with Crippen molar-refractivity contribution < 1.29 is 17.9 Å². The van der Waals surface area contributed by atoms with E-state index in [0.717, 1.165) is 5.56 Å². The Balaban J connectivity index is 2.53. The van der Waals surface area contributed by atoms with E-state index in [-0.39, 0.29) is 11.3 Å². The number of nitrogens with one attached hydrogen (secondary N) is 1. The Kier molecular flexibility index (Phi) is 4.39. The second kappa shape index (κ2) is 6.05. The molecule has 3 nitrogen and oxygen atoms in total. The van der Waals surface area contributed by atoms with Crippen LogP contribution in [0.15, 0.2) is 28.9 Å². The molecule has 0 aliphatic heterocycles. The highest BCUT2D eigenvalue weighted by Gasteiger charge is 2.24. The molecule has 108 valence electrons. The van der Waals surface area contributed by atoms with E-state index in [4.69, 9.17) is 9.15 Å². The first-order valence-corrected chi connectivity index (χ1v) is 6.38. The third-order valence-corrected chi connectivity index (χ3v) is 3.28. The van der Waals surface area contributed by atoms with Crippen molar-refractivity contribution in [2.45, 2.75) is 19.4 Å². The van der Waals surface area contributed by atoms with Crippen LogP contribution >= 0.6 is 0 Å². The van der Waals surface area contributed by atoms with Gasteiger partial charge >= 0.3 is 0 Å². The third-order valence-electron chi connectivity index (χ3n) is 3.28. The van der Waals surface area contributed by atoms with Gasteiger partial charge in [-0.05, 0) is 13.1 Å². The molecule has 20 heavy (non-hydrogen) atoms. The number of methoxy groups -OCH3 is 1. The molecule has 1 N–H and O–H groups in total. The van der Waals surface area contributed by atoms with E-state index in [0.29, 0.717) is 12.2 Å². The molecule has 0 aliphatic carbocycles. The molecule has 0 saturated carbocycles. The normalized spacial score (nSPS) is 12.4. The number of rotatable bonds is 5. The maximum Gasteiger partial charge on any atom is 0.134 e. The van der Waals surface area contributed by atoms with Crippen LogP contribution in [0, 0.1) is 11.6 Å². The molecule has 0 amide bonds. The fourth-order valence-corrected chi connectivity index (χ4v) is 2.31. The number of ether oxygens (including phenoxy) is 1. The monoisotopic (exact) mass is 281 g/mol. The van der Waals surface area contributed by atoms with E-state index < -0.39 is 17.7 Å². The minimum Gasteiger partial charge on any atom is -0.497 e. The minimum absolute atomic E-state index is 0.0376. The summed E-state index contributed by atoms with van der Waals surface area (Å²) in [6.07, 6.45) is 2.18. The van der Waals surface area contributed by atoms with Gasteiger partial charge in [0.2, 0.25) is 0 Å². The lowest BCUT2D eigenvalue weighted by Gasteiger charge is -2.18. The summed E-state index contributed by atoms with van der Waals surface area (Å²) in [4.78, 5) is 0. The number of benzene rings is 1. The average Bonchev–Trinajstić information content (AvgIpc) is 2.90. The van der Waals surface area contributed by atoms with Gasteiger partial charge in [-0.25, -0.2) is 8.78 Å². The number of halogens is 2. The highest BCUT2D eigenvalue weighted by atomic mass is 19.1. The van der Waals surface area contributed by atoms with E-state index in [1.807, 2.05) is 6.92 Å². The molecule has 0 spiro atoms. The van der Waals surface area contributed by atoms with E-state index >= 15 is 0 Å². The van der Waals surface area contributed by atoms with Gasteiger partial charge in [0.15, 0.2) is 0 Å². The summed E-state index contributed by atoms with van der Waals surface area (Å²) in [5.74, 6) is -0.436. The summed E-state index contributed by atoms with van der Waals surface area (Å²) >= 11 is 0. The molecule has 2 rings (SSSR count). The lowest BCUT2D eigenvalue weighted by atomic mass is 9.97. The second-order valence-corrected chi connectivity index (χ2v) is 4.38. The molecule has 2 aromatic rings. The standard InChI is InChI=1S/C15H17F2NO2/c1-4-13-10(5-6-20-13)15(18-2)14-11(16)7-9(19-3)8-12(14)17/h5-8,15,18H,4H2,1-3H3. The van der Waals surface area contributed by atoms with Crippen molar-refractivity contribution in [3.63, 3.8) is 0 Å². The first-order valence-electron chi connectivity index (χ1n) is 6.38. The number of furan rings is 1. The molecule has 0 radical (unpaired) electrons. The molecule has 5 heteroatoms. The van der Waals surface area contributed by atoms with Gasteiger partial charge in [0.1, 0.15) is 23.1 Å². The molecule has 0 fully saturated rings. The van der Waals surface area contributed by atoms with Crippen LogP contribution in [0.2, 0.25) is 0 Å². The van der Waals surface area contributed by atoms with Gasteiger partial charge in [-0.1, -0.05) is 6.92 Å². The lowest BCUT2D eigenvalue weighted by Crippen LogP contribution is -2.21. The maximum atomic E-state index is 14.2. The van der Waals surface area contributed by atoms with Gasteiger partial charge in [-0.15, -0.1) is 0 Å². The highest BCUT2D eigenvalue weighted by Crippen LogP contribution is 2.32. The Morgan fingerprint density at radius 1 is 1.30 bits per heavy atom. The number of hydrogen-bond donors (Lipinski definition) is 1. The molecule has 0 saturated heterocycles. The predicted molar refractivity (Wildman–Crippen MR) is 71.9 cm³/mol. The summed E-state index contributed by atoms with van der Waals surface area (Å²) in [6, 6.07) is 3.47. The van der Waals surface area contributed by atoms with Gasteiger partial charge in [0, 0.05) is 29.7 Å². The molecule has 1 heterocycles. The van der Waals surface area contributed by atoms with Crippen LogP contribution in [0.4, 0.5) is 8.78 Å². The maximum absolute atomic E-state index is 14.2. The van der Waals surface area contributed by atoms with E-state index in [1.54, 1.807) is 13.1 Å². The topological polar surface area (TPSA) is 34.4 Å². The zero-order valence-corrected chi connectivity index (χ0v) is 11.7. The smallest absolute Gasteiger partial charge is 0.134 e. The second-order valence-electron chi connectivity index (χ2n) is 4.38. The predicted octanol–water partition coefficient (Wildman–Crippen LogP) is 3.44. The van der Waals surface area contributed by atoms with Gasteiger partial charge in [0.05, 0.1) is 19.4 Å². The van der Waals surface area contributed by atoms with E-state index in [9.17, 15) is 8.78 Å². The number of aryl methyl sites for hydroxylation is 1. The Morgan fingerprint density at radius 3 is 2.45 bits per heavy atom. The first kappa shape index (κ1) is 14.5. The summed E-state index contributed by atoms with van der Waals surface area (Å²) in [5.41, 5.74) is 0.697. The van der Waals surface area contributed by atoms with Crippen LogP contribution in [-0.2, 0) is 6.42 Å². The zero-order valence-electron chi connectivity index (χ0n) is 11.7. The largest absolute Gasteiger partial charge is 0.497 e. The van der Waals surface area contributed by atoms with Crippen molar-refractivity contribution in [3.8, 4) is 5.75 Å². The van der Waals surface area contributed by atoms with Crippen LogP contribution in [0.1, 0.15) is 29.9 Å². The molecule has 1 aromatic carbocycles. The Bertz CT molecular complexity index is 572. The van der Waals surface area contributed by atoms with Crippen LogP contribution in [0.5, 0.6) is 5.75 Å². The van der Waals surface area contributed by atoms with Crippen molar-refractivity contribution in [1.29, 1.82) is 0 Å². The zero-order chi connectivity index (χ0) is 14.7. The van der Waals surface area contributed by atoms with Gasteiger partial charge < -0.3 is 14.5 Å². The van der Waals surface area contributed by atoms with Crippen LogP contribution in [0.3, 0.4) is 0 Å². The molecule has 1 atom stereocenters. The molecule has 1 unspecified atom stereocenters. The number of hydrogen-bond acceptors (Lipinski definition) is 3. The molecular weight excluding hydrogens is 264 g/mol. The van der Waals surface area contributed by atoms with Crippen LogP contribution in [0.25, 0.3) is 0 Å². The SMILES string of the molecule is CCc1occc1C(NC)c1c(F)cc(OC)cc1F. The van der Waals surface area contributed by atoms with Crippen molar-refractivity contribution in [1.82, 2.24) is 5.32 Å². The lowest BCUT2D eigenvalue weighted by molar-refractivity contribution is 0.403. The summed E-state index contributed by atoms with van der Waals surface area (Å²) in [5, 5.41) is 2.93. The van der Waals surface area contributed by atoms with Gasteiger partial charge in [0.25, 0.3) is 0 Å². The Hall–Kier alpha value is -1.88. The van der Waals surface area contributed by atoms with Crippen molar-refractivity contribution in [2.24, 2.45) is 0 Å². The van der Waals surface area contributed by atoms with E-state index in [2.05, 4.69) is 5.32 Å². The molecule has 1 aromatic heterocycles. The average molecular weight is 281 g/mol. The van der Waals surface area contributed by atoms with Crippen molar-refractivity contribution in [2.75, 3.05) is 14.2 Å². The minimum atomic E-state index is -0.649. The van der Waals surface area contributed by atoms with Crippen molar-refractivity contribution in [3.05, 3.63) is 53.0 Å². The Morgan fingerprint density at radius 2 is 1.95 bits per heavy atom. The molecule has 0 aliphatic rings. The third kappa shape index (κ3) is 2.54. The van der Waals surface area contributed by atoms with Crippen LogP contribution in [-0.4, -0.2) is 14.2 Å². The Labute approximate surface area is 116 Å².